The summed E-state index contributed by atoms with van der Waals surface area (Å²) in [6.45, 7) is 3.70. The van der Waals surface area contributed by atoms with E-state index >= 15 is 0 Å². The van der Waals surface area contributed by atoms with Crippen molar-refractivity contribution in [2.24, 2.45) is 0 Å². The molecule has 1 saturated carbocycles. The van der Waals surface area contributed by atoms with Gasteiger partial charge in [0.1, 0.15) is 17.1 Å². The van der Waals surface area contributed by atoms with Crippen LogP contribution in [0.4, 0.5) is 4.39 Å². The summed E-state index contributed by atoms with van der Waals surface area (Å²) in [6.07, 6.45) is 7.44. The maximum atomic E-state index is 13.9. The smallest absolute Gasteiger partial charge is 0.358 e. The van der Waals surface area contributed by atoms with Crippen LogP contribution in [0.15, 0.2) is 30.3 Å². The highest BCUT2D eigenvalue weighted by Crippen LogP contribution is 2.30. The van der Waals surface area contributed by atoms with Crippen molar-refractivity contribution in [3.63, 3.8) is 0 Å². The van der Waals surface area contributed by atoms with Crippen LogP contribution < -0.4 is 5.32 Å². The van der Waals surface area contributed by atoms with Gasteiger partial charge >= 0.3 is 5.97 Å². The van der Waals surface area contributed by atoms with Crippen molar-refractivity contribution in [3.05, 3.63) is 53.1 Å². The Hall–Kier alpha value is -3.23. The number of hydrogen-bond acceptors (Lipinski definition) is 5. The number of nitrogens with one attached hydrogen (secondary N) is 1. The van der Waals surface area contributed by atoms with E-state index in [-0.39, 0.29) is 43.0 Å². The van der Waals surface area contributed by atoms with Crippen LogP contribution in [0.1, 0.15) is 85.3 Å². The Balaban J connectivity index is 1.66. The Labute approximate surface area is 204 Å². The second-order valence-electron chi connectivity index (χ2n) is 9.60. The van der Waals surface area contributed by atoms with Crippen LogP contribution in [-0.2, 0) is 22.6 Å². The van der Waals surface area contributed by atoms with E-state index in [1.807, 2.05) is 0 Å². The van der Waals surface area contributed by atoms with Crippen LogP contribution in [0.25, 0.3) is 0 Å². The zero-order chi connectivity index (χ0) is 25.0. The Morgan fingerprint density at radius 1 is 1.17 bits per heavy atom. The molecule has 1 fully saturated rings. The zero-order valence-corrected chi connectivity index (χ0v) is 20.4. The third-order valence-electron chi connectivity index (χ3n) is 6.94. The molecule has 0 bridgehead atoms. The minimum absolute atomic E-state index is 0.0191. The lowest BCUT2D eigenvalue weighted by Crippen LogP contribution is -2.64. The van der Waals surface area contributed by atoms with Gasteiger partial charge in [-0.2, -0.15) is 5.10 Å². The van der Waals surface area contributed by atoms with Gasteiger partial charge in [0.25, 0.3) is 5.91 Å². The lowest BCUT2D eigenvalue weighted by molar-refractivity contribution is -0.134. The molecule has 0 unspecified atom stereocenters. The SMILES string of the molecule is CCOC(=O)c1cc2n(n1)C[C@](C)(C(=O)NC1CCCCCCC1)N(Cc1cccc(F)c1)C2=O. The van der Waals surface area contributed by atoms with E-state index in [2.05, 4.69) is 10.4 Å². The molecule has 2 aromatic rings. The van der Waals surface area contributed by atoms with Crippen LogP contribution in [0.2, 0.25) is 0 Å². The summed E-state index contributed by atoms with van der Waals surface area (Å²) in [5.41, 5.74) is -0.496. The van der Waals surface area contributed by atoms with Gasteiger partial charge in [-0.25, -0.2) is 9.18 Å². The molecule has 8 nitrogen and oxygen atoms in total. The first-order valence-electron chi connectivity index (χ1n) is 12.4. The normalized spacial score (nSPS) is 21.1. The van der Waals surface area contributed by atoms with Gasteiger partial charge in [-0.05, 0) is 44.4 Å². The number of benzene rings is 1. The van der Waals surface area contributed by atoms with E-state index in [1.165, 1.54) is 34.2 Å². The maximum absolute atomic E-state index is 13.9. The highest BCUT2D eigenvalue weighted by atomic mass is 19.1. The number of rotatable bonds is 6. The van der Waals surface area contributed by atoms with Crippen LogP contribution in [0.3, 0.4) is 0 Å². The highest BCUT2D eigenvalue weighted by Gasteiger charge is 2.48. The number of ether oxygens (including phenoxy) is 1. The van der Waals surface area contributed by atoms with Gasteiger partial charge in [0, 0.05) is 18.7 Å². The molecule has 1 atom stereocenters. The molecular weight excluding hydrogens is 451 g/mol. The summed E-state index contributed by atoms with van der Waals surface area (Å²) in [5, 5.41) is 7.47. The van der Waals surface area contributed by atoms with E-state index in [1.54, 1.807) is 26.0 Å². The lowest BCUT2D eigenvalue weighted by Gasteiger charge is -2.44. The predicted octanol–water partition coefficient (Wildman–Crippen LogP) is 3.84. The molecule has 0 saturated heterocycles. The molecular formula is C26H33FN4O4. The number of halogens is 1. The van der Waals surface area contributed by atoms with Crippen molar-refractivity contribution in [1.29, 1.82) is 0 Å². The fourth-order valence-corrected chi connectivity index (χ4v) is 4.95. The summed E-state index contributed by atoms with van der Waals surface area (Å²) in [6, 6.07) is 7.43. The number of fused-ring (bicyclic) bond motifs is 1. The van der Waals surface area contributed by atoms with E-state index in [4.69, 9.17) is 4.74 Å². The summed E-state index contributed by atoms with van der Waals surface area (Å²) in [7, 11) is 0. The number of hydrogen-bond donors (Lipinski definition) is 1. The van der Waals surface area contributed by atoms with Crippen molar-refractivity contribution >= 4 is 17.8 Å². The molecule has 1 aliphatic carbocycles. The standard InChI is InChI=1S/C26H33FN4O4/c1-3-35-24(33)21-15-22-23(32)30(16-18-10-9-11-19(27)14-18)26(2,17-31(22)29-21)25(34)28-20-12-7-5-4-6-8-13-20/h9-11,14-15,20H,3-8,12-13,16-17H2,1-2H3,(H,28,34)/t26-/m1/s1. The summed E-state index contributed by atoms with van der Waals surface area (Å²) < 4.78 is 20.4. The van der Waals surface area contributed by atoms with E-state index in [9.17, 15) is 18.8 Å². The highest BCUT2D eigenvalue weighted by molar-refractivity contribution is 6.01. The lowest BCUT2D eigenvalue weighted by atomic mass is 9.92. The fourth-order valence-electron chi connectivity index (χ4n) is 4.95. The number of esters is 1. The third-order valence-corrected chi connectivity index (χ3v) is 6.94. The zero-order valence-electron chi connectivity index (χ0n) is 20.4. The molecule has 9 heteroatoms. The van der Waals surface area contributed by atoms with Gasteiger partial charge in [0.05, 0.1) is 13.2 Å². The Morgan fingerprint density at radius 3 is 2.57 bits per heavy atom. The van der Waals surface area contributed by atoms with Gasteiger partial charge in [-0.15, -0.1) is 0 Å². The summed E-state index contributed by atoms with van der Waals surface area (Å²) >= 11 is 0. The molecule has 35 heavy (non-hydrogen) atoms. The van der Waals surface area contributed by atoms with Gasteiger partial charge in [0.2, 0.25) is 5.91 Å². The second kappa shape index (κ2) is 10.6. The molecule has 188 valence electrons. The van der Waals surface area contributed by atoms with Crippen LogP contribution in [0.5, 0.6) is 0 Å². The molecule has 2 heterocycles. The third kappa shape index (κ3) is 5.39. The largest absolute Gasteiger partial charge is 0.461 e. The molecule has 1 aliphatic heterocycles. The Bertz CT molecular complexity index is 1090. The molecule has 2 aliphatic rings. The summed E-state index contributed by atoms with van der Waals surface area (Å²) in [4.78, 5) is 41.1. The first-order valence-corrected chi connectivity index (χ1v) is 12.4. The van der Waals surface area contributed by atoms with E-state index in [0.717, 1.165) is 38.5 Å². The topological polar surface area (TPSA) is 93.5 Å². The van der Waals surface area contributed by atoms with E-state index in [0.29, 0.717) is 5.56 Å². The average molecular weight is 485 g/mol. The monoisotopic (exact) mass is 484 g/mol. The number of nitrogens with zero attached hydrogens (tertiary/aromatic N) is 3. The molecule has 2 amide bonds. The van der Waals surface area contributed by atoms with Gasteiger partial charge in [0.15, 0.2) is 5.69 Å². The quantitative estimate of drug-likeness (QED) is 0.629. The van der Waals surface area contributed by atoms with Crippen molar-refractivity contribution < 1.29 is 23.5 Å². The minimum Gasteiger partial charge on any atom is -0.461 e. The maximum Gasteiger partial charge on any atom is 0.358 e. The van der Waals surface area contributed by atoms with Gasteiger partial charge in [-0.1, -0.05) is 44.2 Å². The summed E-state index contributed by atoms with van der Waals surface area (Å²) in [5.74, 6) is -1.76. The predicted molar refractivity (Wildman–Crippen MR) is 127 cm³/mol. The molecule has 1 N–H and O–H groups in total. The van der Waals surface area contributed by atoms with Crippen molar-refractivity contribution in [1.82, 2.24) is 20.0 Å². The van der Waals surface area contributed by atoms with Gasteiger partial charge in [-0.3, -0.25) is 14.3 Å². The number of carbonyl (C=O) groups excluding carboxylic acids is 3. The Kier molecular flexibility index (Phi) is 7.52. The van der Waals surface area contributed by atoms with E-state index < -0.39 is 23.2 Å². The fraction of sp³-hybridized carbons (Fsp3) is 0.538. The molecule has 0 radical (unpaired) electrons. The average Bonchev–Trinajstić information content (AvgIpc) is 3.22. The first-order chi connectivity index (χ1) is 16.8. The van der Waals surface area contributed by atoms with Crippen LogP contribution in [-0.4, -0.2) is 50.7 Å². The number of carbonyl (C=O) groups is 3. The molecule has 1 aromatic heterocycles. The number of aromatic nitrogens is 2. The second-order valence-corrected chi connectivity index (χ2v) is 9.60. The first kappa shape index (κ1) is 24.9. The molecule has 4 rings (SSSR count). The number of amides is 2. The van der Waals surface area contributed by atoms with Crippen molar-refractivity contribution in [3.8, 4) is 0 Å². The van der Waals surface area contributed by atoms with Gasteiger partial charge < -0.3 is 15.0 Å². The molecule has 1 aromatic carbocycles. The van der Waals surface area contributed by atoms with Crippen molar-refractivity contribution in [2.75, 3.05) is 6.61 Å². The van der Waals surface area contributed by atoms with Crippen LogP contribution in [0, 0.1) is 5.82 Å². The molecule has 0 spiro atoms. The minimum atomic E-state index is -1.28. The van der Waals surface area contributed by atoms with Crippen molar-refractivity contribution in [2.45, 2.75) is 83.5 Å². The van der Waals surface area contributed by atoms with Crippen LogP contribution >= 0.6 is 0 Å². The Morgan fingerprint density at radius 2 is 1.89 bits per heavy atom.